The third kappa shape index (κ3) is 3.68. The van der Waals surface area contributed by atoms with Crippen LogP contribution in [-0.2, 0) is 6.54 Å². The summed E-state index contributed by atoms with van der Waals surface area (Å²) in [5.74, 6) is 1.01. The molecule has 2 heterocycles. The number of halogens is 1. The Morgan fingerprint density at radius 3 is 2.54 bits per heavy atom. The Morgan fingerprint density at radius 1 is 1.04 bits per heavy atom. The first-order valence-corrected chi connectivity index (χ1v) is 9.37. The van der Waals surface area contributed by atoms with Crippen LogP contribution in [0, 0.1) is 5.92 Å². The molecule has 1 aliphatic rings. The molecule has 4 nitrogen and oxygen atoms in total. The maximum atomic E-state index is 6.06. The zero-order valence-corrected chi connectivity index (χ0v) is 15.4. The monoisotopic (exact) mass is 366 g/mol. The van der Waals surface area contributed by atoms with E-state index in [1.807, 2.05) is 35.1 Å². The molecule has 0 amide bonds. The fraction of sp³-hybridized carbons (Fsp3) is 0.286. The predicted octanol–water partition coefficient (Wildman–Crippen LogP) is 3.70. The number of benzene rings is 2. The fourth-order valence-corrected chi connectivity index (χ4v) is 3.97. The summed E-state index contributed by atoms with van der Waals surface area (Å²) in [6.07, 6.45) is 4.04. The topological polar surface area (TPSA) is 47.1 Å². The molecule has 0 bridgehead atoms. The Morgan fingerprint density at radius 2 is 1.81 bits per heavy atom. The molecule has 1 saturated heterocycles. The molecule has 0 radical (unpaired) electrons. The van der Waals surface area contributed by atoms with Crippen molar-refractivity contribution in [2.24, 2.45) is 11.7 Å². The van der Waals surface area contributed by atoms with Gasteiger partial charge in [0.2, 0.25) is 0 Å². The van der Waals surface area contributed by atoms with Crippen LogP contribution < -0.4 is 5.73 Å². The highest BCUT2D eigenvalue weighted by Crippen LogP contribution is 2.32. The van der Waals surface area contributed by atoms with E-state index in [2.05, 4.69) is 46.5 Å². The average molecular weight is 367 g/mol. The largest absolute Gasteiger partial charge is 0.330 e. The number of aromatic nitrogens is 2. The molecular weight excluding hydrogens is 344 g/mol. The van der Waals surface area contributed by atoms with Crippen molar-refractivity contribution in [2.75, 3.05) is 19.6 Å². The third-order valence-corrected chi connectivity index (χ3v) is 5.43. The highest BCUT2D eigenvalue weighted by atomic mass is 35.5. The smallest absolute Gasteiger partial charge is 0.0646 e. The van der Waals surface area contributed by atoms with E-state index < -0.39 is 0 Å². The van der Waals surface area contributed by atoms with Crippen molar-refractivity contribution < 1.29 is 0 Å². The zero-order valence-electron chi connectivity index (χ0n) is 14.6. The summed E-state index contributed by atoms with van der Waals surface area (Å²) in [5, 5.41) is 5.23. The van der Waals surface area contributed by atoms with Crippen LogP contribution in [0.25, 0.3) is 5.69 Å². The van der Waals surface area contributed by atoms with Gasteiger partial charge >= 0.3 is 0 Å². The second-order valence-electron chi connectivity index (χ2n) is 6.98. The molecule has 0 aliphatic carbocycles. The van der Waals surface area contributed by atoms with Crippen LogP contribution >= 0.6 is 11.6 Å². The van der Waals surface area contributed by atoms with Crippen molar-refractivity contribution in [3.63, 3.8) is 0 Å². The molecule has 0 spiro atoms. The minimum absolute atomic E-state index is 0.503. The number of rotatable bonds is 5. The lowest BCUT2D eigenvalue weighted by Crippen LogP contribution is -2.23. The van der Waals surface area contributed by atoms with Gasteiger partial charge in [-0.1, -0.05) is 41.9 Å². The van der Waals surface area contributed by atoms with E-state index in [9.17, 15) is 0 Å². The summed E-state index contributed by atoms with van der Waals surface area (Å²) in [7, 11) is 0. The van der Waals surface area contributed by atoms with Crippen LogP contribution in [0.1, 0.15) is 17.0 Å². The second-order valence-corrected chi connectivity index (χ2v) is 7.41. The molecule has 1 fully saturated rings. The number of likely N-dealkylation sites (tertiary alicyclic amines) is 1. The van der Waals surface area contributed by atoms with Gasteiger partial charge in [-0.05, 0) is 42.3 Å². The van der Waals surface area contributed by atoms with Gasteiger partial charge in [0.05, 0.1) is 11.9 Å². The van der Waals surface area contributed by atoms with Gasteiger partial charge < -0.3 is 5.73 Å². The van der Waals surface area contributed by atoms with Gasteiger partial charge in [0.1, 0.15) is 0 Å². The molecule has 0 saturated carbocycles. The lowest BCUT2D eigenvalue weighted by atomic mass is 9.89. The predicted molar refractivity (Wildman–Crippen MR) is 106 cm³/mol. The lowest BCUT2D eigenvalue weighted by Gasteiger charge is -2.16. The molecule has 134 valence electrons. The van der Waals surface area contributed by atoms with Crippen molar-refractivity contribution in [1.29, 1.82) is 0 Å². The van der Waals surface area contributed by atoms with Gasteiger partial charge in [0.25, 0.3) is 0 Å². The summed E-state index contributed by atoms with van der Waals surface area (Å²) in [6, 6.07) is 18.5. The molecule has 3 aromatic rings. The van der Waals surface area contributed by atoms with Crippen molar-refractivity contribution in [1.82, 2.24) is 14.7 Å². The Kier molecular flexibility index (Phi) is 5.07. The van der Waals surface area contributed by atoms with Crippen molar-refractivity contribution in [2.45, 2.75) is 12.5 Å². The van der Waals surface area contributed by atoms with E-state index in [1.54, 1.807) is 0 Å². The SMILES string of the molecule is NC[C@@H]1CN(Cc2cnn(-c3ccc(Cl)cc3)c2)C[C@H]1c1ccccc1. The van der Waals surface area contributed by atoms with Gasteiger partial charge in [-0.2, -0.15) is 5.10 Å². The molecule has 4 rings (SSSR count). The molecule has 1 aromatic heterocycles. The molecular formula is C21H23ClN4. The van der Waals surface area contributed by atoms with Gasteiger partial charge in [-0.3, -0.25) is 4.90 Å². The van der Waals surface area contributed by atoms with Gasteiger partial charge in [-0.25, -0.2) is 4.68 Å². The van der Waals surface area contributed by atoms with Crippen LogP contribution in [0.2, 0.25) is 5.02 Å². The van der Waals surface area contributed by atoms with Gasteiger partial charge in [-0.15, -0.1) is 0 Å². The highest BCUT2D eigenvalue weighted by Gasteiger charge is 2.32. The molecule has 5 heteroatoms. The Bertz CT molecular complexity index is 844. The molecule has 2 aromatic carbocycles. The maximum absolute atomic E-state index is 6.06. The summed E-state index contributed by atoms with van der Waals surface area (Å²) >= 11 is 5.96. The molecule has 0 unspecified atom stereocenters. The number of hydrogen-bond donors (Lipinski definition) is 1. The van der Waals surface area contributed by atoms with Crippen molar-refractivity contribution in [3.8, 4) is 5.69 Å². The lowest BCUT2D eigenvalue weighted by molar-refractivity contribution is 0.317. The number of nitrogens with zero attached hydrogens (tertiary/aromatic N) is 3. The number of nitrogens with two attached hydrogens (primary N) is 1. The van der Waals surface area contributed by atoms with Crippen LogP contribution in [-0.4, -0.2) is 34.3 Å². The molecule has 26 heavy (non-hydrogen) atoms. The zero-order chi connectivity index (χ0) is 17.9. The summed E-state index contributed by atoms with van der Waals surface area (Å²) in [6.45, 7) is 3.69. The van der Waals surface area contributed by atoms with E-state index in [0.29, 0.717) is 11.8 Å². The van der Waals surface area contributed by atoms with Gasteiger partial charge in [0, 0.05) is 42.3 Å². The first-order chi connectivity index (χ1) is 12.7. The Balaban J connectivity index is 1.46. The minimum atomic E-state index is 0.503. The van der Waals surface area contributed by atoms with E-state index in [-0.39, 0.29) is 0 Å². The maximum Gasteiger partial charge on any atom is 0.0646 e. The summed E-state index contributed by atoms with van der Waals surface area (Å²) in [4.78, 5) is 2.48. The van der Waals surface area contributed by atoms with Crippen molar-refractivity contribution in [3.05, 3.63) is 83.1 Å². The third-order valence-electron chi connectivity index (χ3n) is 5.18. The van der Waals surface area contributed by atoms with Crippen LogP contribution in [0.15, 0.2) is 67.0 Å². The van der Waals surface area contributed by atoms with Crippen molar-refractivity contribution >= 4 is 11.6 Å². The summed E-state index contributed by atoms with van der Waals surface area (Å²) in [5.41, 5.74) is 9.68. The second kappa shape index (κ2) is 7.62. The normalized spacial score (nSPS) is 20.5. The van der Waals surface area contributed by atoms with E-state index in [0.717, 1.165) is 36.9 Å². The first kappa shape index (κ1) is 17.3. The number of hydrogen-bond acceptors (Lipinski definition) is 3. The standard InChI is InChI=1S/C21H23ClN4/c22-19-6-8-20(9-7-19)26-13-16(11-24-26)12-25-14-18(10-23)21(15-25)17-4-2-1-3-5-17/h1-9,11,13,18,21H,10,12,14-15,23H2/t18-,21+/m1/s1. The average Bonchev–Trinajstić information content (AvgIpc) is 3.30. The minimum Gasteiger partial charge on any atom is -0.330 e. The quantitative estimate of drug-likeness (QED) is 0.749. The van der Waals surface area contributed by atoms with Gasteiger partial charge in [0.15, 0.2) is 0 Å². The Labute approximate surface area is 159 Å². The van der Waals surface area contributed by atoms with E-state index in [4.69, 9.17) is 17.3 Å². The fourth-order valence-electron chi connectivity index (χ4n) is 3.84. The van der Waals surface area contributed by atoms with E-state index >= 15 is 0 Å². The van der Waals surface area contributed by atoms with E-state index in [1.165, 1.54) is 11.1 Å². The molecule has 2 atom stereocenters. The molecule has 2 N–H and O–H groups in total. The first-order valence-electron chi connectivity index (χ1n) is 9.00. The summed E-state index contributed by atoms with van der Waals surface area (Å²) < 4.78 is 1.90. The molecule has 1 aliphatic heterocycles. The van der Waals surface area contributed by atoms with Crippen LogP contribution in [0.3, 0.4) is 0 Å². The highest BCUT2D eigenvalue weighted by molar-refractivity contribution is 6.30. The van der Waals surface area contributed by atoms with Crippen LogP contribution in [0.4, 0.5) is 0 Å². The van der Waals surface area contributed by atoms with Crippen LogP contribution in [0.5, 0.6) is 0 Å². The Hall–Kier alpha value is -2.14.